The Morgan fingerprint density at radius 1 is 1.29 bits per heavy atom. The number of hydrogen-bond donors (Lipinski definition) is 1. The van der Waals surface area contributed by atoms with Gasteiger partial charge in [0, 0.05) is 44.1 Å². The number of aromatic nitrogens is 4. The van der Waals surface area contributed by atoms with Crippen LogP contribution < -0.4 is 5.32 Å². The zero-order valence-corrected chi connectivity index (χ0v) is 10.8. The van der Waals surface area contributed by atoms with Gasteiger partial charge in [0.15, 0.2) is 0 Å². The minimum Gasteiger partial charge on any atom is -0.304 e. The monoisotopic (exact) mass is 233 g/mol. The molecule has 0 aliphatic rings. The molecule has 0 amide bonds. The van der Waals surface area contributed by atoms with Gasteiger partial charge in [-0.3, -0.25) is 9.36 Å². The lowest BCUT2D eigenvalue weighted by Gasteiger charge is -2.13. The third kappa shape index (κ3) is 2.39. The molecule has 0 saturated heterocycles. The number of nitrogens with zero attached hydrogens (tertiary/aromatic N) is 4. The molecule has 2 aromatic rings. The molecule has 0 radical (unpaired) electrons. The molecule has 2 rings (SSSR count). The quantitative estimate of drug-likeness (QED) is 0.866. The van der Waals surface area contributed by atoms with Crippen molar-refractivity contribution < 1.29 is 0 Å². The van der Waals surface area contributed by atoms with Crippen molar-refractivity contribution in [1.82, 2.24) is 24.9 Å². The third-order valence-corrected chi connectivity index (χ3v) is 3.25. The lowest BCUT2D eigenvalue weighted by atomic mass is 10.1. The van der Waals surface area contributed by atoms with Gasteiger partial charge in [0.25, 0.3) is 0 Å². The number of nitrogens with one attached hydrogen (secondary N) is 1. The fraction of sp³-hybridized carbons (Fsp3) is 0.500. The van der Waals surface area contributed by atoms with Gasteiger partial charge < -0.3 is 5.32 Å². The number of aryl methyl sites for hydroxylation is 2. The van der Waals surface area contributed by atoms with Crippen LogP contribution in [0, 0.1) is 6.92 Å². The molecule has 0 fully saturated rings. The zero-order valence-electron chi connectivity index (χ0n) is 10.8. The van der Waals surface area contributed by atoms with Crippen molar-refractivity contribution in [2.24, 2.45) is 14.1 Å². The minimum absolute atomic E-state index is 0.290. The van der Waals surface area contributed by atoms with Gasteiger partial charge in [0.2, 0.25) is 0 Å². The van der Waals surface area contributed by atoms with Gasteiger partial charge >= 0.3 is 0 Å². The van der Waals surface area contributed by atoms with E-state index in [1.165, 1.54) is 17.0 Å². The summed E-state index contributed by atoms with van der Waals surface area (Å²) in [4.78, 5) is 0. The molecule has 0 aliphatic heterocycles. The molecule has 5 nitrogen and oxygen atoms in total. The SMILES string of the molecule is Cc1c(C(C)NCc2ccnn2C)cnn1C. The fourth-order valence-electron chi connectivity index (χ4n) is 1.88. The second-order valence-corrected chi connectivity index (χ2v) is 4.36. The summed E-state index contributed by atoms with van der Waals surface area (Å²) in [5.74, 6) is 0. The maximum atomic E-state index is 4.26. The third-order valence-electron chi connectivity index (χ3n) is 3.25. The van der Waals surface area contributed by atoms with Crippen molar-refractivity contribution >= 4 is 0 Å². The molecule has 0 bridgehead atoms. The van der Waals surface area contributed by atoms with E-state index in [1.54, 1.807) is 0 Å². The van der Waals surface area contributed by atoms with Gasteiger partial charge in [-0.2, -0.15) is 10.2 Å². The molecule has 17 heavy (non-hydrogen) atoms. The normalized spacial score (nSPS) is 12.9. The minimum atomic E-state index is 0.290. The first-order valence-corrected chi connectivity index (χ1v) is 5.78. The van der Waals surface area contributed by atoms with Crippen molar-refractivity contribution in [2.75, 3.05) is 0 Å². The van der Waals surface area contributed by atoms with Crippen molar-refractivity contribution in [3.63, 3.8) is 0 Å². The lowest BCUT2D eigenvalue weighted by Crippen LogP contribution is -2.20. The van der Waals surface area contributed by atoms with Gasteiger partial charge in [-0.15, -0.1) is 0 Å². The lowest BCUT2D eigenvalue weighted by molar-refractivity contribution is 0.545. The van der Waals surface area contributed by atoms with E-state index in [0.29, 0.717) is 6.04 Å². The Morgan fingerprint density at radius 2 is 2.06 bits per heavy atom. The highest BCUT2D eigenvalue weighted by molar-refractivity contribution is 5.19. The molecular formula is C12H19N5. The van der Waals surface area contributed by atoms with E-state index in [-0.39, 0.29) is 0 Å². The molecule has 0 aliphatic carbocycles. The van der Waals surface area contributed by atoms with Crippen LogP contribution in [0.4, 0.5) is 0 Å². The number of rotatable bonds is 4. The summed E-state index contributed by atoms with van der Waals surface area (Å²) in [7, 11) is 3.92. The van der Waals surface area contributed by atoms with Crippen LogP contribution in [-0.4, -0.2) is 19.6 Å². The first-order chi connectivity index (χ1) is 8.09. The van der Waals surface area contributed by atoms with Crippen LogP contribution in [0.5, 0.6) is 0 Å². The van der Waals surface area contributed by atoms with E-state index in [4.69, 9.17) is 0 Å². The maximum absolute atomic E-state index is 4.26. The van der Waals surface area contributed by atoms with Crippen LogP contribution >= 0.6 is 0 Å². The predicted molar refractivity (Wildman–Crippen MR) is 66.4 cm³/mol. The molecule has 92 valence electrons. The van der Waals surface area contributed by atoms with Crippen LogP contribution in [0.3, 0.4) is 0 Å². The molecular weight excluding hydrogens is 214 g/mol. The van der Waals surface area contributed by atoms with Gasteiger partial charge in [0.05, 0.1) is 11.9 Å². The van der Waals surface area contributed by atoms with Gasteiger partial charge in [-0.25, -0.2) is 0 Å². The second kappa shape index (κ2) is 4.71. The average molecular weight is 233 g/mol. The standard InChI is InChI=1S/C12H19N5/c1-9(12-8-15-16(3)10(12)2)13-7-11-5-6-14-17(11)4/h5-6,8-9,13H,7H2,1-4H3. The molecule has 0 spiro atoms. The van der Waals surface area contributed by atoms with Crippen LogP contribution in [0.1, 0.15) is 29.9 Å². The Morgan fingerprint density at radius 3 is 2.59 bits per heavy atom. The van der Waals surface area contributed by atoms with E-state index >= 15 is 0 Å². The fourth-order valence-corrected chi connectivity index (χ4v) is 1.88. The van der Waals surface area contributed by atoms with Crippen molar-refractivity contribution in [1.29, 1.82) is 0 Å². The van der Waals surface area contributed by atoms with Crippen LogP contribution in [0.15, 0.2) is 18.5 Å². The molecule has 0 saturated carbocycles. The molecule has 0 aromatic carbocycles. The maximum Gasteiger partial charge on any atom is 0.0540 e. The van der Waals surface area contributed by atoms with Crippen molar-refractivity contribution in [2.45, 2.75) is 26.4 Å². The van der Waals surface area contributed by atoms with Crippen molar-refractivity contribution in [3.05, 3.63) is 35.4 Å². The first-order valence-electron chi connectivity index (χ1n) is 5.78. The Labute approximate surface area is 101 Å². The Balaban J connectivity index is 2.00. The smallest absolute Gasteiger partial charge is 0.0540 e. The molecule has 5 heteroatoms. The van der Waals surface area contributed by atoms with E-state index in [1.807, 2.05) is 41.9 Å². The summed E-state index contributed by atoms with van der Waals surface area (Å²) in [6.07, 6.45) is 3.74. The molecule has 1 N–H and O–H groups in total. The second-order valence-electron chi connectivity index (χ2n) is 4.36. The van der Waals surface area contributed by atoms with E-state index < -0.39 is 0 Å². The summed E-state index contributed by atoms with van der Waals surface area (Å²) >= 11 is 0. The highest BCUT2D eigenvalue weighted by Gasteiger charge is 2.11. The summed E-state index contributed by atoms with van der Waals surface area (Å²) < 4.78 is 3.79. The van der Waals surface area contributed by atoms with E-state index in [9.17, 15) is 0 Å². The summed E-state index contributed by atoms with van der Waals surface area (Å²) in [6.45, 7) is 5.05. The van der Waals surface area contributed by atoms with Crippen LogP contribution in [0.2, 0.25) is 0 Å². The zero-order chi connectivity index (χ0) is 12.4. The first kappa shape index (κ1) is 11.9. The summed E-state index contributed by atoms with van der Waals surface area (Å²) in [6, 6.07) is 2.31. The average Bonchev–Trinajstić information content (AvgIpc) is 2.84. The largest absolute Gasteiger partial charge is 0.304 e. The summed E-state index contributed by atoms with van der Waals surface area (Å²) in [5.41, 5.74) is 3.63. The predicted octanol–water partition coefficient (Wildman–Crippen LogP) is 1.31. The van der Waals surface area contributed by atoms with Crippen LogP contribution in [0.25, 0.3) is 0 Å². The molecule has 1 atom stereocenters. The summed E-state index contributed by atoms with van der Waals surface area (Å²) in [5, 5.41) is 11.9. The van der Waals surface area contributed by atoms with Crippen LogP contribution in [-0.2, 0) is 20.6 Å². The topological polar surface area (TPSA) is 47.7 Å². The van der Waals surface area contributed by atoms with Gasteiger partial charge in [-0.05, 0) is 19.9 Å². The molecule has 2 aromatic heterocycles. The highest BCUT2D eigenvalue weighted by Crippen LogP contribution is 2.16. The Kier molecular flexibility index (Phi) is 3.28. The molecule has 1 unspecified atom stereocenters. The van der Waals surface area contributed by atoms with Crippen molar-refractivity contribution in [3.8, 4) is 0 Å². The number of hydrogen-bond acceptors (Lipinski definition) is 3. The Hall–Kier alpha value is -1.62. The van der Waals surface area contributed by atoms with Gasteiger partial charge in [0.1, 0.15) is 0 Å². The highest BCUT2D eigenvalue weighted by atomic mass is 15.3. The Bertz CT molecular complexity index is 497. The molecule has 2 heterocycles. The van der Waals surface area contributed by atoms with E-state index in [2.05, 4.69) is 29.4 Å². The van der Waals surface area contributed by atoms with Gasteiger partial charge in [-0.1, -0.05) is 0 Å². The van der Waals surface area contributed by atoms with E-state index in [0.717, 1.165) is 6.54 Å².